The zero-order valence-electron chi connectivity index (χ0n) is 9.02. The lowest BCUT2D eigenvalue weighted by molar-refractivity contribution is -0.135. The van der Waals surface area contributed by atoms with Crippen molar-refractivity contribution < 1.29 is 17.4 Å². The van der Waals surface area contributed by atoms with Gasteiger partial charge in [-0.1, -0.05) is 29.3 Å². The second-order valence-electron chi connectivity index (χ2n) is 3.83. The first-order valence-corrected chi connectivity index (χ1v) is 7.25. The van der Waals surface area contributed by atoms with Crippen LogP contribution in [0.15, 0.2) is 18.2 Å². The van der Waals surface area contributed by atoms with Gasteiger partial charge in [-0.05, 0) is 25.0 Å². The molecular formula is C10H9Cl2NO4S. The van der Waals surface area contributed by atoms with Crippen molar-refractivity contribution in [2.75, 3.05) is 4.72 Å². The fourth-order valence-corrected chi connectivity index (χ4v) is 2.70. The van der Waals surface area contributed by atoms with E-state index in [1.165, 1.54) is 12.1 Å². The average Bonchev–Trinajstić information content (AvgIpc) is 3.06. The monoisotopic (exact) mass is 309 g/mol. The van der Waals surface area contributed by atoms with Gasteiger partial charge in [0, 0.05) is 0 Å². The quantitative estimate of drug-likeness (QED) is 0.928. The van der Waals surface area contributed by atoms with Crippen molar-refractivity contribution in [1.82, 2.24) is 0 Å². The predicted octanol–water partition coefficient (Wildman–Crippen LogP) is 2.60. The molecule has 0 atom stereocenters. The summed E-state index contributed by atoms with van der Waals surface area (Å²) in [6.45, 7) is 0. The van der Waals surface area contributed by atoms with Crippen LogP contribution in [-0.2, 0) is 19.3 Å². The number of rotatable bonds is 4. The Labute approximate surface area is 114 Å². The van der Waals surface area contributed by atoms with E-state index in [9.17, 15) is 13.2 Å². The van der Waals surface area contributed by atoms with Crippen LogP contribution in [0.1, 0.15) is 12.8 Å². The summed E-state index contributed by atoms with van der Waals surface area (Å²) in [6.07, 6.45) is 1.31. The van der Waals surface area contributed by atoms with Gasteiger partial charge in [0.05, 0.1) is 21.7 Å². The minimum Gasteiger partial charge on any atom is -0.330 e. The maximum Gasteiger partial charge on any atom is 0.410 e. The van der Waals surface area contributed by atoms with E-state index in [2.05, 4.69) is 4.18 Å². The molecule has 0 bridgehead atoms. The van der Waals surface area contributed by atoms with E-state index in [0.717, 1.165) is 0 Å². The molecular weight excluding hydrogens is 301 g/mol. The van der Waals surface area contributed by atoms with Crippen molar-refractivity contribution in [2.24, 2.45) is 5.92 Å². The Hall–Kier alpha value is -0.980. The molecule has 0 radical (unpaired) electrons. The standard InChI is InChI=1S/C10H9Cl2NO4S/c11-7-2-1-3-8(12)9(7)13-18(15,16)17-10(14)6-4-5-6/h1-3,6,13H,4-5H2. The molecule has 0 amide bonds. The lowest BCUT2D eigenvalue weighted by Crippen LogP contribution is -2.21. The summed E-state index contributed by atoms with van der Waals surface area (Å²) < 4.78 is 29.6. The SMILES string of the molecule is O=C(OS(=O)(=O)Nc1c(Cl)cccc1Cl)C1CC1. The van der Waals surface area contributed by atoms with Crippen LogP contribution in [0.25, 0.3) is 0 Å². The summed E-state index contributed by atoms with van der Waals surface area (Å²) in [5.41, 5.74) is -0.00979. The highest BCUT2D eigenvalue weighted by Crippen LogP contribution is 2.33. The molecule has 0 aliphatic heterocycles. The fourth-order valence-electron chi connectivity index (χ4n) is 1.24. The van der Waals surface area contributed by atoms with E-state index in [-0.39, 0.29) is 21.7 Å². The largest absolute Gasteiger partial charge is 0.410 e. The molecule has 0 unspecified atom stereocenters. The Bertz CT molecular complexity index is 563. The third kappa shape index (κ3) is 3.28. The summed E-state index contributed by atoms with van der Waals surface area (Å²) >= 11 is 11.6. The van der Waals surface area contributed by atoms with Crippen molar-refractivity contribution >= 4 is 45.2 Å². The van der Waals surface area contributed by atoms with Crippen LogP contribution in [0.4, 0.5) is 5.69 Å². The molecule has 2 rings (SSSR count). The number of anilines is 1. The molecule has 0 spiro atoms. The minimum atomic E-state index is -4.25. The van der Waals surface area contributed by atoms with Gasteiger partial charge in [0.1, 0.15) is 0 Å². The zero-order valence-corrected chi connectivity index (χ0v) is 11.3. The van der Waals surface area contributed by atoms with Gasteiger partial charge in [-0.25, -0.2) is 4.72 Å². The highest BCUT2D eigenvalue weighted by Gasteiger charge is 2.34. The van der Waals surface area contributed by atoms with Crippen LogP contribution < -0.4 is 4.72 Å². The van der Waals surface area contributed by atoms with Gasteiger partial charge in [0.15, 0.2) is 0 Å². The third-order valence-electron chi connectivity index (χ3n) is 2.29. The number of carbonyl (C=O) groups is 1. The molecule has 0 saturated heterocycles. The number of halogens is 2. The minimum absolute atomic E-state index is 0.00979. The molecule has 1 aliphatic rings. The summed E-state index contributed by atoms with van der Waals surface area (Å²) in [6, 6.07) is 4.50. The van der Waals surface area contributed by atoms with E-state index in [1.54, 1.807) is 6.07 Å². The number of benzene rings is 1. The molecule has 1 fully saturated rings. The second kappa shape index (κ2) is 4.95. The van der Waals surface area contributed by atoms with E-state index in [0.29, 0.717) is 12.8 Å². The van der Waals surface area contributed by atoms with Crippen molar-refractivity contribution in [3.8, 4) is 0 Å². The average molecular weight is 310 g/mol. The first-order valence-electron chi connectivity index (χ1n) is 5.09. The molecule has 0 aromatic heterocycles. The number of para-hydroxylation sites is 1. The van der Waals surface area contributed by atoms with Gasteiger partial charge in [0.25, 0.3) is 0 Å². The fraction of sp³-hybridized carbons (Fsp3) is 0.300. The smallest absolute Gasteiger partial charge is 0.330 e. The van der Waals surface area contributed by atoms with Crippen LogP contribution in [0.2, 0.25) is 10.0 Å². The van der Waals surface area contributed by atoms with Crippen molar-refractivity contribution in [2.45, 2.75) is 12.8 Å². The zero-order chi connectivity index (χ0) is 13.3. The van der Waals surface area contributed by atoms with Gasteiger partial charge in [-0.3, -0.25) is 4.79 Å². The van der Waals surface area contributed by atoms with Gasteiger partial charge in [-0.2, -0.15) is 8.42 Å². The molecule has 8 heteroatoms. The normalized spacial score (nSPS) is 15.2. The Kier molecular flexibility index (Phi) is 3.70. The highest BCUT2D eigenvalue weighted by molar-refractivity contribution is 7.88. The summed E-state index contributed by atoms with van der Waals surface area (Å²) in [5, 5.41) is 0.238. The molecule has 1 saturated carbocycles. The Balaban J connectivity index is 2.14. The van der Waals surface area contributed by atoms with Gasteiger partial charge < -0.3 is 4.18 Å². The van der Waals surface area contributed by atoms with E-state index in [4.69, 9.17) is 23.2 Å². The van der Waals surface area contributed by atoms with E-state index in [1.807, 2.05) is 4.72 Å². The van der Waals surface area contributed by atoms with Crippen molar-refractivity contribution in [3.63, 3.8) is 0 Å². The summed E-state index contributed by atoms with van der Waals surface area (Å²) in [4.78, 5) is 11.3. The van der Waals surface area contributed by atoms with Crippen LogP contribution in [-0.4, -0.2) is 14.4 Å². The summed E-state index contributed by atoms with van der Waals surface area (Å²) in [7, 11) is -4.25. The van der Waals surface area contributed by atoms with Crippen LogP contribution >= 0.6 is 23.2 Å². The van der Waals surface area contributed by atoms with Crippen LogP contribution in [0.5, 0.6) is 0 Å². The number of carbonyl (C=O) groups excluding carboxylic acids is 1. The Morgan fingerprint density at radius 3 is 2.33 bits per heavy atom. The number of hydrogen-bond donors (Lipinski definition) is 1. The highest BCUT2D eigenvalue weighted by atomic mass is 35.5. The molecule has 1 aromatic rings. The van der Waals surface area contributed by atoms with Gasteiger partial charge >= 0.3 is 16.3 Å². The first-order chi connectivity index (χ1) is 8.39. The maximum atomic E-state index is 11.6. The molecule has 1 aliphatic carbocycles. The van der Waals surface area contributed by atoms with E-state index >= 15 is 0 Å². The lowest BCUT2D eigenvalue weighted by atomic mass is 10.3. The maximum absolute atomic E-state index is 11.6. The Morgan fingerprint density at radius 2 is 1.83 bits per heavy atom. The number of hydrogen-bond acceptors (Lipinski definition) is 4. The lowest BCUT2D eigenvalue weighted by Gasteiger charge is -2.10. The molecule has 5 nitrogen and oxygen atoms in total. The van der Waals surface area contributed by atoms with Crippen LogP contribution in [0.3, 0.4) is 0 Å². The first kappa shape index (κ1) is 13.5. The third-order valence-corrected chi connectivity index (χ3v) is 3.76. The van der Waals surface area contributed by atoms with Crippen LogP contribution in [0, 0.1) is 5.92 Å². The molecule has 98 valence electrons. The number of nitrogens with one attached hydrogen (secondary N) is 1. The second-order valence-corrected chi connectivity index (χ2v) is 5.92. The topological polar surface area (TPSA) is 72.5 Å². The molecule has 1 aromatic carbocycles. The van der Waals surface area contributed by atoms with Gasteiger partial charge in [-0.15, -0.1) is 0 Å². The summed E-state index contributed by atoms with van der Waals surface area (Å²) in [5.74, 6) is -1.08. The Morgan fingerprint density at radius 1 is 1.28 bits per heavy atom. The molecule has 0 heterocycles. The van der Waals surface area contributed by atoms with Crippen molar-refractivity contribution in [1.29, 1.82) is 0 Å². The van der Waals surface area contributed by atoms with Gasteiger partial charge in [0.2, 0.25) is 0 Å². The van der Waals surface area contributed by atoms with E-state index < -0.39 is 16.3 Å². The van der Waals surface area contributed by atoms with Crippen molar-refractivity contribution in [3.05, 3.63) is 28.2 Å². The molecule has 1 N–H and O–H groups in total. The molecule has 18 heavy (non-hydrogen) atoms. The predicted molar refractivity (Wildman–Crippen MR) is 67.8 cm³/mol.